The molecule has 8 N–H and O–H groups in total. The number of aliphatic hydroxyl groups is 1. The molecule has 12 aromatic heterocycles. The van der Waals surface area contributed by atoms with Crippen LogP contribution >= 0.6 is 0 Å². The van der Waals surface area contributed by atoms with Crippen LogP contribution in [0.3, 0.4) is 0 Å². The van der Waals surface area contributed by atoms with Crippen LogP contribution in [0.2, 0.25) is 0 Å². The molecular formula is C65H58N18O11. The van der Waals surface area contributed by atoms with Gasteiger partial charge < -0.3 is 41.1 Å². The van der Waals surface area contributed by atoms with Gasteiger partial charge >= 0.3 is 0 Å². The van der Waals surface area contributed by atoms with Crippen LogP contribution in [0.25, 0.3) is 67.9 Å². The monoisotopic (exact) mass is 1270 g/mol. The van der Waals surface area contributed by atoms with Gasteiger partial charge in [0.2, 0.25) is 0 Å². The Morgan fingerprint density at radius 2 is 0.809 bits per heavy atom. The maximum Gasteiger partial charge on any atom is 0.290 e. The van der Waals surface area contributed by atoms with E-state index in [2.05, 4.69) is 81.2 Å². The van der Waals surface area contributed by atoms with Crippen LogP contribution in [0.5, 0.6) is 0 Å². The quantitative estimate of drug-likeness (QED) is 0.0398. The van der Waals surface area contributed by atoms with E-state index in [0.29, 0.717) is 99.4 Å². The molecule has 0 aliphatic rings. The highest BCUT2D eigenvalue weighted by atomic mass is 16.5. The van der Waals surface area contributed by atoms with Gasteiger partial charge in [0.1, 0.15) is 34.2 Å². The minimum atomic E-state index is -0.360. The lowest BCUT2D eigenvalue weighted by molar-refractivity contribution is -0.123. The summed E-state index contributed by atoms with van der Waals surface area (Å²) >= 11 is 0. The average molecular weight is 1270 g/mol. The number of H-pyrrole nitrogens is 1. The Morgan fingerprint density at radius 1 is 0.457 bits per heavy atom. The van der Waals surface area contributed by atoms with Crippen molar-refractivity contribution in [2.45, 2.75) is 13.1 Å². The normalized spacial score (nSPS) is 9.98. The molecule has 29 heteroatoms. The predicted octanol–water partition coefficient (Wildman–Crippen LogP) is 8.23. The zero-order valence-corrected chi connectivity index (χ0v) is 49.8. The summed E-state index contributed by atoms with van der Waals surface area (Å²) in [5.41, 5.74) is 11.0. The average Bonchev–Trinajstić information content (AvgIpc) is 2.69. The second-order valence-corrected chi connectivity index (χ2v) is 18.4. The molecule has 0 aliphatic heterocycles. The molecule has 29 nitrogen and oxygen atoms in total. The minimum Gasteiger partial charge on any atom is -0.483 e. The fourth-order valence-electron chi connectivity index (χ4n) is 8.31. The Hall–Kier alpha value is -13.3. The lowest BCUT2D eigenvalue weighted by atomic mass is 10.1. The molecule has 0 aromatic carbocycles. The van der Waals surface area contributed by atoms with E-state index in [1.807, 2.05) is 103 Å². The maximum absolute atomic E-state index is 12.9. The number of aromatic nitrogens is 15. The molecular weight excluding hydrogens is 1210 g/mol. The van der Waals surface area contributed by atoms with E-state index in [4.69, 9.17) is 34.4 Å². The molecule has 12 heterocycles. The molecule has 0 radical (unpaired) electrons. The lowest BCUT2D eigenvalue weighted by Gasteiger charge is -2.07. The van der Waals surface area contributed by atoms with Crippen LogP contribution in [0.1, 0.15) is 31.5 Å². The van der Waals surface area contributed by atoms with Crippen molar-refractivity contribution in [3.63, 3.8) is 0 Å². The van der Waals surface area contributed by atoms with Gasteiger partial charge in [-0.2, -0.15) is 15.3 Å². The van der Waals surface area contributed by atoms with Crippen molar-refractivity contribution in [2.24, 2.45) is 0 Å². The van der Waals surface area contributed by atoms with Gasteiger partial charge in [-0.25, -0.2) is 15.0 Å². The summed E-state index contributed by atoms with van der Waals surface area (Å²) in [5.74, 6) is -1.00. The largest absolute Gasteiger partial charge is 0.483 e. The van der Waals surface area contributed by atoms with Gasteiger partial charge in [0, 0.05) is 92.0 Å². The number of hydrogen-bond donors (Lipinski definition) is 8. The summed E-state index contributed by atoms with van der Waals surface area (Å²) in [7, 11) is 1.63. The van der Waals surface area contributed by atoms with Crippen molar-refractivity contribution < 1.29 is 53.9 Å². The van der Waals surface area contributed by atoms with Crippen LogP contribution in [-0.2, 0) is 32.2 Å². The number of nitrogens with one attached hydrogen (secondary N) is 4. The van der Waals surface area contributed by atoms with Gasteiger partial charge in [0.25, 0.3) is 37.1 Å². The summed E-state index contributed by atoms with van der Waals surface area (Å²) in [6.45, 7) is 0.561. The third kappa shape index (κ3) is 20.1. The second-order valence-electron chi connectivity index (χ2n) is 18.4. The maximum atomic E-state index is 12.9. The first-order valence-corrected chi connectivity index (χ1v) is 27.9. The van der Waals surface area contributed by atoms with E-state index >= 15 is 0 Å². The van der Waals surface area contributed by atoms with Crippen LogP contribution in [0.4, 0.5) is 17.1 Å². The van der Waals surface area contributed by atoms with Crippen molar-refractivity contribution >= 4 is 54.2 Å². The van der Waals surface area contributed by atoms with Crippen molar-refractivity contribution in [1.29, 1.82) is 0 Å². The van der Waals surface area contributed by atoms with Crippen molar-refractivity contribution in [3.05, 3.63) is 237 Å². The topological polar surface area (TPSA) is 409 Å². The Kier molecular flexibility index (Phi) is 26.8. The third-order valence-corrected chi connectivity index (χ3v) is 12.4. The third-order valence-electron chi connectivity index (χ3n) is 12.4. The number of ether oxygens (including phenoxy) is 1. The molecule has 474 valence electrons. The number of amides is 3. The highest BCUT2D eigenvalue weighted by molar-refractivity contribution is 6.06. The zero-order valence-electron chi connectivity index (χ0n) is 49.8. The summed E-state index contributed by atoms with van der Waals surface area (Å²) in [6.07, 6.45) is 20.1. The number of nitrogens with zero attached hydrogens (tertiary/aromatic N) is 14. The van der Waals surface area contributed by atoms with E-state index in [0.717, 1.165) is 16.7 Å². The van der Waals surface area contributed by atoms with Crippen LogP contribution < -0.4 is 16.0 Å². The number of anilines is 3. The van der Waals surface area contributed by atoms with E-state index < -0.39 is 0 Å². The number of aliphatic hydroxyl groups excluding tert-OH is 1. The predicted molar refractivity (Wildman–Crippen MR) is 344 cm³/mol. The van der Waals surface area contributed by atoms with E-state index in [-0.39, 0.29) is 49.4 Å². The number of hydrogen-bond acceptors (Lipinski definition) is 20. The molecule has 0 saturated carbocycles. The number of carbonyl (C=O) groups excluding carboxylic acids is 3. The second kappa shape index (κ2) is 36.9. The molecule has 0 unspecified atom stereocenters. The number of rotatable bonds is 17. The SMILES string of the molecule is COCCn1cc(NC(=O)c2cccc(-c3ccncc3)n2)c(-c2ccccn2)n1.O=C(Nc1cn(CCO)nc1-c1ccccn1)c1cccc(-c2ccncc2)n1.O=C(Nc1cn[nH]c1-c1ccccn1)c1cccc(-c2ccncc2)n1.O=CO.O=CO.O=CO. The minimum absolute atomic E-state index is 0.0632. The summed E-state index contributed by atoms with van der Waals surface area (Å²) in [4.78, 5) is 102. The molecule has 12 rings (SSSR count). The van der Waals surface area contributed by atoms with E-state index in [9.17, 15) is 19.5 Å². The molecule has 0 fully saturated rings. The van der Waals surface area contributed by atoms with Crippen LogP contribution in [-0.4, -0.2) is 153 Å². The van der Waals surface area contributed by atoms with Crippen LogP contribution in [0, 0.1) is 0 Å². The summed E-state index contributed by atoms with van der Waals surface area (Å²) in [6, 6.07) is 43.5. The Bertz CT molecular complexity index is 4290. The molecule has 3 amide bonds. The molecule has 0 bridgehead atoms. The number of carboxylic acid groups (broad SMARTS) is 3. The Morgan fingerprint density at radius 3 is 1.16 bits per heavy atom. The van der Waals surface area contributed by atoms with Gasteiger partial charge in [-0.3, -0.25) is 73.1 Å². The fourth-order valence-corrected chi connectivity index (χ4v) is 8.31. The molecule has 12 aromatic rings. The van der Waals surface area contributed by atoms with Gasteiger partial charge in [-0.15, -0.1) is 0 Å². The number of methoxy groups -OCH3 is 1. The van der Waals surface area contributed by atoms with Gasteiger partial charge in [-0.05, 0) is 109 Å². The zero-order chi connectivity index (χ0) is 66.7. The highest BCUT2D eigenvalue weighted by Gasteiger charge is 2.20. The molecule has 94 heavy (non-hydrogen) atoms. The first-order chi connectivity index (χ1) is 46.0. The van der Waals surface area contributed by atoms with Gasteiger partial charge in [0.15, 0.2) is 0 Å². The van der Waals surface area contributed by atoms with E-state index in [1.54, 1.807) is 133 Å². The standard InChI is InChI=1S/C22H20N6O2.C21H18N6O2.C19H14N6O.3CH2O2/c1-30-14-13-28-15-20(21(27-28)18-5-2-3-10-24-18)26-22(29)19-7-4-6-17(25-19)16-8-11-23-12-9-16;28-13-12-27-14-19(20(26-27)17-4-1-2-9-23-17)25-21(29)18-6-3-5-16(24-18)15-7-10-22-11-8-15;26-19(16-6-3-5-14(23-16)13-7-10-20-11-8-13)24-17-12-22-25-18(17)15-4-1-2-9-21-15;3*2-1-3/h2-12,15H,13-14H2,1H3,(H,26,29);1-11,14,28H,12-13H2,(H,25,29);1-12H,(H,22,25)(H,24,26);3*1H,(H,2,3). The number of carbonyl (C=O) groups is 6. The fraction of sp³-hybridized carbons (Fsp3) is 0.0769. The van der Waals surface area contributed by atoms with Crippen LogP contribution in [0.15, 0.2) is 220 Å². The summed E-state index contributed by atoms with van der Waals surface area (Å²) < 4.78 is 8.42. The van der Waals surface area contributed by atoms with E-state index in [1.165, 1.54) is 0 Å². The smallest absolute Gasteiger partial charge is 0.290 e. The Labute approximate surface area is 535 Å². The lowest BCUT2D eigenvalue weighted by Crippen LogP contribution is -2.14. The first-order valence-electron chi connectivity index (χ1n) is 27.9. The number of pyridine rings is 9. The van der Waals surface area contributed by atoms with Crippen molar-refractivity contribution in [1.82, 2.24) is 74.6 Å². The molecule has 0 aliphatic carbocycles. The molecule has 0 saturated heterocycles. The first kappa shape index (κ1) is 68.2. The van der Waals surface area contributed by atoms with Gasteiger partial charge in [0.05, 0.1) is 83.7 Å². The van der Waals surface area contributed by atoms with Gasteiger partial charge in [-0.1, -0.05) is 36.4 Å². The molecule has 0 spiro atoms. The number of aromatic amines is 1. The highest BCUT2D eigenvalue weighted by Crippen LogP contribution is 2.28. The molecule has 0 atom stereocenters. The van der Waals surface area contributed by atoms with Crippen molar-refractivity contribution in [2.75, 3.05) is 36.3 Å². The Balaban J connectivity index is 0.000000188. The van der Waals surface area contributed by atoms with Crippen molar-refractivity contribution in [3.8, 4) is 67.9 Å². The summed E-state index contributed by atoms with van der Waals surface area (Å²) in [5, 5.41) is 54.4.